The van der Waals surface area contributed by atoms with E-state index in [2.05, 4.69) is 26.1 Å². The SMILES string of the molecule is O=C(c1ccccc1Br)N1CCC[C@@H](Cc2nc(C3CC3)no2)C1. The first-order chi connectivity index (χ1) is 11.7. The van der Waals surface area contributed by atoms with E-state index in [4.69, 9.17) is 4.52 Å². The Balaban J connectivity index is 1.41. The number of halogens is 1. The van der Waals surface area contributed by atoms with Crippen molar-refractivity contribution in [3.8, 4) is 0 Å². The lowest BCUT2D eigenvalue weighted by Crippen LogP contribution is -2.40. The minimum atomic E-state index is 0.0939. The monoisotopic (exact) mass is 389 g/mol. The first-order valence-corrected chi connectivity index (χ1v) is 9.36. The molecular weight excluding hydrogens is 370 g/mol. The molecule has 2 fully saturated rings. The van der Waals surface area contributed by atoms with Gasteiger partial charge in [0.15, 0.2) is 5.82 Å². The van der Waals surface area contributed by atoms with Crippen LogP contribution in [0, 0.1) is 5.92 Å². The number of aromatic nitrogens is 2. The van der Waals surface area contributed by atoms with Crippen LogP contribution in [-0.4, -0.2) is 34.0 Å². The molecule has 2 heterocycles. The van der Waals surface area contributed by atoms with Crippen LogP contribution in [0.15, 0.2) is 33.3 Å². The molecule has 2 aliphatic rings. The van der Waals surface area contributed by atoms with Gasteiger partial charge in [0, 0.05) is 29.9 Å². The van der Waals surface area contributed by atoms with Crippen molar-refractivity contribution >= 4 is 21.8 Å². The highest BCUT2D eigenvalue weighted by Gasteiger charge is 2.30. The molecule has 0 spiro atoms. The van der Waals surface area contributed by atoms with E-state index in [0.29, 0.717) is 11.8 Å². The van der Waals surface area contributed by atoms with Crippen LogP contribution in [0.25, 0.3) is 0 Å². The van der Waals surface area contributed by atoms with Crippen molar-refractivity contribution in [2.24, 2.45) is 5.92 Å². The number of rotatable bonds is 4. The molecule has 1 aromatic heterocycles. The van der Waals surface area contributed by atoms with Gasteiger partial charge >= 0.3 is 0 Å². The molecule has 126 valence electrons. The maximum atomic E-state index is 12.8. The van der Waals surface area contributed by atoms with Gasteiger partial charge in [0.05, 0.1) is 5.56 Å². The zero-order valence-corrected chi connectivity index (χ0v) is 15.0. The molecule has 1 aliphatic carbocycles. The standard InChI is InChI=1S/C18H20BrN3O2/c19-15-6-2-1-5-14(15)18(23)22-9-3-4-12(11-22)10-16-20-17(21-24-16)13-7-8-13/h1-2,5-6,12-13H,3-4,7-11H2/t12-/m0/s1. The summed E-state index contributed by atoms with van der Waals surface area (Å²) in [6, 6.07) is 7.60. The summed E-state index contributed by atoms with van der Waals surface area (Å²) in [5.74, 6) is 2.58. The molecule has 1 aromatic carbocycles. The van der Waals surface area contributed by atoms with Crippen LogP contribution < -0.4 is 0 Å². The van der Waals surface area contributed by atoms with Gasteiger partial charge in [-0.05, 0) is 59.7 Å². The van der Waals surface area contributed by atoms with Crippen LogP contribution in [0.5, 0.6) is 0 Å². The number of hydrogen-bond acceptors (Lipinski definition) is 4. The summed E-state index contributed by atoms with van der Waals surface area (Å²) >= 11 is 3.47. The van der Waals surface area contributed by atoms with E-state index < -0.39 is 0 Å². The lowest BCUT2D eigenvalue weighted by atomic mass is 9.94. The van der Waals surface area contributed by atoms with E-state index in [1.54, 1.807) is 0 Å². The Labute approximate surface area is 149 Å². The molecule has 1 saturated heterocycles. The van der Waals surface area contributed by atoms with Crippen molar-refractivity contribution < 1.29 is 9.32 Å². The fourth-order valence-corrected chi connectivity index (χ4v) is 3.78. The summed E-state index contributed by atoms with van der Waals surface area (Å²) in [6.45, 7) is 1.56. The number of hydrogen-bond donors (Lipinski definition) is 0. The van der Waals surface area contributed by atoms with Gasteiger partial charge in [-0.15, -0.1) is 0 Å². The Morgan fingerprint density at radius 1 is 1.29 bits per heavy atom. The fourth-order valence-electron chi connectivity index (χ4n) is 3.33. The molecule has 1 atom stereocenters. The number of nitrogens with zero attached hydrogens (tertiary/aromatic N) is 3. The first kappa shape index (κ1) is 15.8. The molecule has 0 N–H and O–H groups in total. The number of benzene rings is 1. The van der Waals surface area contributed by atoms with Crippen molar-refractivity contribution in [2.45, 2.75) is 38.0 Å². The van der Waals surface area contributed by atoms with Crippen molar-refractivity contribution in [3.05, 3.63) is 46.0 Å². The summed E-state index contributed by atoms with van der Waals surface area (Å²) in [4.78, 5) is 19.2. The molecule has 2 aromatic rings. The molecule has 0 bridgehead atoms. The molecule has 24 heavy (non-hydrogen) atoms. The topological polar surface area (TPSA) is 59.2 Å². The maximum Gasteiger partial charge on any atom is 0.255 e. The fraction of sp³-hybridized carbons (Fsp3) is 0.500. The van der Waals surface area contributed by atoms with Gasteiger partial charge in [0.2, 0.25) is 5.89 Å². The Hall–Kier alpha value is -1.69. The van der Waals surface area contributed by atoms with Gasteiger partial charge in [-0.1, -0.05) is 17.3 Å². The van der Waals surface area contributed by atoms with Crippen LogP contribution in [0.2, 0.25) is 0 Å². The minimum absolute atomic E-state index is 0.0939. The predicted molar refractivity (Wildman–Crippen MR) is 92.7 cm³/mol. The van der Waals surface area contributed by atoms with Crippen molar-refractivity contribution in [2.75, 3.05) is 13.1 Å². The van der Waals surface area contributed by atoms with Gasteiger partial charge < -0.3 is 9.42 Å². The van der Waals surface area contributed by atoms with E-state index in [9.17, 15) is 4.79 Å². The normalized spacial score (nSPS) is 21.0. The summed E-state index contributed by atoms with van der Waals surface area (Å²) in [6.07, 6.45) is 5.23. The van der Waals surface area contributed by atoms with Gasteiger partial charge in [0.25, 0.3) is 5.91 Å². The van der Waals surface area contributed by atoms with E-state index in [-0.39, 0.29) is 5.91 Å². The summed E-state index contributed by atoms with van der Waals surface area (Å²) in [5, 5.41) is 4.08. The number of carbonyl (C=O) groups excluding carboxylic acids is 1. The second-order valence-electron chi connectivity index (χ2n) is 6.76. The van der Waals surface area contributed by atoms with Gasteiger partial charge in [-0.25, -0.2) is 0 Å². The third kappa shape index (κ3) is 3.38. The molecule has 1 saturated carbocycles. The number of likely N-dealkylation sites (tertiary alicyclic amines) is 1. The lowest BCUT2D eigenvalue weighted by Gasteiger charge is -2.32. The van der Waals surface area contributed by atoms with Crippen LogP contribution in [-0.2, 0) is 6.42 Å². The van der Waals surface area contributed by atoms with Crippen LogP contribution in [0.1, 0.15) is 53.7 Å². The highest BCUT2D eigenvalue weighted by Crippen LogP contribution is 2.38. The van der Waals surface area contributed by atoms with E-state index in [1.807, 2.05) is 29.2 Å². The molecule has 6 heteroatoms. The minimum Gasteiger partial charge on any atom is -0.339 e. The molecule has 4 rings (SSSR count). The Morgan fingerprint density at radius 2 is 2.12 bits per heavy atom. The molecule has 0 radical (unpaired) electrons. The van der Waals surface area contributed by atoms with Crippen LogP contribution in [0.3, 0.4) is 0 Å². The Morgan fingerprint density at radius 3 is 2.92 bits per heavy atom. The highest BCUT2D eigenvalue weighted by atomic mass is 79.9. The average Bonchev–Trinajstić information content (AvgIpc) is 3.35. The summed E-state index contributed by atoms with van der Waals surface area (Å²) < 4.78 is 6.25. The zero-order chi connectivity index (χ0) is 16.5. The molecule has 0 unspecified atom stereocenters. The Bertz CT molecular complexity index is 741. The Kier molecular flexibility index (Phi) is 4.39. The summed E-state index contributed by atoms with van der Waals surface area (Å²) in [5.41, 5.74) is 0.729. The highest BCUT2D eigenvalue weighted by molar-refractivity contribution is 9.10. The van der Waals surface area contributed by atoms with E-state index >= 15 is 0 Å². The van der Waals surface area contributed by atoms with Gasteiger partial charge in [-0.3, -0.25) is 4.79 Å². The third-order valence-corrected chi connectivity index (χ3v) is 5.49. The van der Waals surface area contributed by atoms with E-state index in [1.165, 1.54) is 12.8 Å². The number of piperidine rings is 1. The number of carbonyl (C=O) groups is 1. The van der Waals surface area contributed by atoms with Crippen molar-refractivity contribution in [1.29, 1.82) is 0 Å². The van der Waals surface area contributed by atoms with E-state index in [0.717, 1.165) is 54.1 Å². The smallest absolute Gasteiger partial charge is 0.255 e. The average molecular weight is 390 g/mol. The maximum absolute atomic E-state index is 12.8. The summed E-state index contributed by atoms with van der Waals surface area (Å²) in [7, 11) is 0. The zero-order valence-electron chi connectivity index (χ0n) is 13.4. The largest absolute Gasteiger partial charge is 0.339 e. The van der Waals surface area contributed by atoms with Crippen LogP contribution >= 0.6 is 15.9 Å². The van der Waals surface area contributed by atoms with Crippen molar-refractivity contribution in [3.63, 3.8) is 0 Å². The lowest BCUT2D eigenvalue weighted by molar-refractivity contribution is 0.0667. The predicted octanol–water partition coefficient (Wildman–Crippen LogP) is 3.80. The van der Waals surface area contributed by atoms with Crippen molar-refractivity contribution in [1.82, 2.24) is 15.0 Å². The second kappa shape index (κ2) is 6.67. The molecule has 1 amide bonds. The molecule has 1 aliphatic heterocycles. The quantitative estimate of drug-likeness (QED) is 0.797. The van der Waals surface area contributed by atoms with Crippen LogP contribution in [0.4, 0.5) is 0 Å². The molecular formula is C18H20BrN3O2. The van der Waals surface area contributed by atoms with Gasteiger partial charge in [0.1, 0.15) is 0 Å². The van der Waals surface area contributed by atoms with Gasteiger partial charge in [-0.2, -0.15) is 4.98 Å². The first-order valence-electron chi connectivity index (χ1n) is 8.57. The number of amides is 1. The second-order valence-corrected chi connectivity index (χ2v) is 7.62. The third-order valence-electron chi connectivity index (χ3n) is 4.80. The molecule has 5 nitrogen and oxygen atoms in total.